The number of hydrogen-bond acceptors (Lipinski definition) is 3. The predicted octanol–water partition coefficient (Wildman–Crippen LogP) is 6.24. The number of rotatable bonds is 10. The number of benzene rings is 2. The van der Waals surface area contributed by atoms with E-state index in [4.69, 9.17) is 5.10 Å². The van der Waals surface area contributed by atoms with Crippen molar-refractivity contribution in [3.05, 3.63) is 77.5 Å². The summed E-state index contributed by atoms with van der Waals surface area (Å²) in [4.78, 5) is 28.5. The predicted molar refractivity (Wildman–Crippen MR) is 147 cm³/mol. The smallest absolute Gasteiger partial charge is 0.245 e. The molecule has 6 heteroatoms. The van der Waals surface area contributed by atoms with Gasteiger partial charge in [-0.3, -0.25) is 9.59 Å². The largest absolute Gasteiger partial charge is 0.333 e. The lowest BCUT2D eigenvalue weighted by Crippen LogP contribution is -2.41. The molecule has 0 bridgehead atoms. The van der Waals surface area contributed by atoms with Gasteiger partial charge in [0.05, 0.1) is 23.8 Å². The van der Waals surface area contributed by atoms with Crippen LogP contribution < -0.4 is 5.32 Å². The van der Waals surface area contributed by atoms with Gasteiger partial charge in [-0.05, 0) is 37.5 Å². The lowest BCUT2D eigenvalue weighted by molar-refractivity contribution is -0.136. The van der Waals surface area contributed by atoms with Gasteiger partial charge in [0.25, 0.3) is 0 Å². The Bertz CT molecular complexity index is 1140. The van der Waals surface area contributed by atoms with Crippen molar-refractivity contribution >= 4 is 17.6 Å². The van der Waals surface area contributed by atoms with E-state index >= 15 is 0 Å². The third-order valence-electron chi connectivity index (χ3n) is 6.36. The molecule has 1 atom stereocenters. The average molecular weight is 489 g/mol. The molecule has 0 spiro atoms. The van der Waals surface area contributed by atoms with Crippen LogP contribution >= 0.6 is 0 Å². The number of anilines is 1. The molecule has 36 heavy (non-hydrogen) atoms. The summed E-state index contributed by atoms with van der Waals surface area (Å²) in [5.41, 5.74) is 3.72. The maximum atomic E-state index is 13.6. The fourth-order valence-corrected chi connectivity index (χ4v) is 4.15. The van der Waals surface area contributed by atoms with Gasteiger partial charge in [0, 0.05) is 18.0 Å². The van der Waals surface area contributed by atoms with Crippen LogP contribution in [0.2, 0.25) is 0 Å². The van der Waals surface area contributed by atoms with Gasteiger partial charge < -0.3 is 10.2 Å². The van der Waals surface area contributed by atoms with Crippen LogP contribution in [-0.2, 0) is 15.0 Å². The van der Waals surface area contributed by atoms with Crippen molar-refractivity contribution in [2.45, 2.75) is 72.1 Å². The van der Waals surface area contributed by atoms with Crippen molar-refractivity contribution in [2.75, 3.05) is 18.4 Å². The van der Waals surface area contributed by atoms with Gasteiger partial charge in [-0.15, -0.1) is 0 Å². The number of carbonyl (C=O) groups is 2. The lowest BCUT2D eigenvalue weighted by Gasteiger charge is -2.27. The Morgan fingerprint density at radius 1 is 1.03 bits per heavy atom. The summed E-state index contributed by atoms with van der Waals surface area (Å²) in [6.07, 6.45) is 2.48. The molecule has 0 aliphatic carbocycles. The second-order valence-corrected chi connectivity index (χ2v) is 10.4. The van der Waals surface area contributed by atoms with E-state index < -0.39 is 0 Å². The van der Waals surface area contributed by atoms with E-state index in [1.807, 2.05) is 74.5 Å². The maximum Gasteiger partial charge on any atom is 0.245 e. The zero-order valence-corrected chi connectivity index (χ0v) is 22.5. The summed E-state index contributed by atoms with van der Waals surface area (Å²) in [7, 11) is 0. The van der Waals surface area contributed by atoms with Gasteiger partial charge in [0.15, 0.2) is 0 Å². The Morgan fingerprint density at radius 2 is 1.69 bits per heavy atom. The molecule has 0 radical (unpaired) electrons. The molecule has 192 valence electrons. The summed E-state index contributed by atoms with van der Waals surface area (Å²) in [6.45, 7) is 13.0. The molecular formula is C30H40N4O2. The fourth-order valence-electron chi connectivity index (χ4n) is 4.15. The van der Waals surface area contributed by atoms with E-state index in [-0.39, 0.29) is 29.7 Å². The van der Waals surface area contributed by atoms with Crippen LogP contribution in [0.3, 0.4) is 0 Å². The summed E-state index contributed by atoms with van der Waals surface area (Å²) in [5.74, 6) is 0.110. The SMILES string of the molecule is CCCCN(CC(=O)Nc1cc(C(C)(C)C)nn1-c1ccc(C)cc1)C(=O)C(CC)c1ccccc1. The zero-order valence-electron chi connectivity index (χ0n) is 22.5. The highest BCUT2D eigenvalue weighted by Gasteiger charge is 2.27. The van der Waals surface area contributed by atoms with Crippen molar-refractivity contribution in [3.63, 3.8) is 0 Å². The number of nitrogens with zero attached hydrogens (tertiary/aromatic N) is 3. The third kappa shape index (κ3) is 6.84. The minimum absolute atomic E-state index is 0.00489. The van der Waals surface area contributed by atoms with Crippen LogP contribution in [0.5, 0.6) is 0 Å². The molecule has 0 aliphatic rings. The Labute approximate surface area is 215 Å². The molecule has 0 saturated carbocycles. The van der Waals surface area contributed by atoms with Gasteiger partial charge in [0.1, 0.15) is 5.82 Å². The van der Waals surface area contributed by atoms with Crippen molar-refractivity contribution in [1.29, 1.82) is 0 Å². The second kappa shape index (κ2) is 12.0. The molecule has 0 fully saturated rings. The minimum atomic E-state index is -0.263. The summed E-state index contributed by atoms with van der Waals surface area (Å²) < 4.78 is 1.77. The highest BCUT2D eigenvalue weighted by atomic mass is 16.2. The monoisotopic (exact) mass is 488 g/mol. The topological polar surface area (TPSA) is 67.2 Å². The second-order valence-electron chi connectivity index (χ2n) is 10.4. The van der Waals surface area contributed by atoms with Crippen molar-refractivity contribution < 1.29 is 9.59 Å². The van der Waals surface area contributed by atoms with Crippen LogP contribution in [-0.4, -0.2) is 39.6 Å². The minimum Gasteiger partial charge on any atom is -0.333 e. The first kappa shape index (κ1) is 27.2. The molecular weight excluding hydrogens is 448 g/mol. The van der Waals surface area contributed by atoms with Crippen LogP contribution in [0, 0.1) is 6.92 Å². The molecule has 3 aromatic rings. The van der Waals surface area contributed by atoms with E-state index in [0.717, 1.165) is 35.3 Å². The van der Waals surface area contributed by atoms with Crippen LogP contribution in [0.25, 0.3) is 5.69 Å². The first-order chi connectivity index (χ1) is 17.1. The van der Waals surface area contributed by atoms with E-state index in [0.29, 0.717) is 18.8 Å². The molecule has 0 aliphatic heterocycles. The van der Waals surface area contributed by atoms with E-state index in [2.05, 4.69) is 33.0 Å². The first-order valence-electron chi connectivity index (χ1n) is 12.9. The van der Waals surface area contributed by atoms with Crippen LogP contribution in [0.4, 0.5) is 5.82 Å². The van der Waals surface area contributed by atoms with Gasteiger partial charge in [-0.1, -0.05) is 89.1 Å². The fraction of sp³-hybridized carbons (Fsp3) is 0.433. The van der Waals surface area contributed by atoms with Crippen molar-refractivity contribution in [3.8, 4) is 5.69 Å². The summed E-state index contributed by atoms with van der Waals surface area (Å²) >= 11 is 0. The van der Waals surface area contributed by atoms with Gasteiger partial charge in [-0.2, -0.15) is 5.10 Å². The van der Waals surface area contributed by atoms with Gasteiger partial charge >= 0.3 is 0 Å². The summed E-state index contributed by atoms with van der Waals surface area (Å²) in [6, 6.07) is 19.8. The molecule has 6 nitrogen and oxygen atoms in total. The molecule has 1 N–H and O–H groups in total. The van der Waals surface area contributed by atoms with Crippen LogP contribution in [0.15, 0.2) is 60.7 Å². The number of carbonyl (C=O) groups excluding carboxylic acids is 2. The third-order valence-corrected chi connectivity index (χ3v) is 6.36. The molecule has 1 heterocycles. The van der Waals surface area contributed by atoms with Gasteiger partial charge in [-0.25, -0.2) is 4.68 Å². The van der Waals surface area contributed by atoms with E-state index in [1.165, 1.54) is 0 Å². The normalized spacial score (nSPS) is 12.3. The molecule has 1 unspecified atom stereocenters. The number of aryl methyl sites for hydroxylation is 1. The number of hydrogen-bond donors (Lipinski definition) is 1. The highest BCUT2D eigenvalue weighted by Crippen LogP contribution is 2.27. The van der Waals surface area contributed by atoms with E-state index in [1.54, 1.807) is 9.58 Å². The maximum absolute atomic E-state index is 13.6. The van der Waals surface area contributed by atoms with Crippen LogP contribution in [0.1, 0.15) is 76.6 Å². The molecule has 2 amide bonds. The zero-order chi connectivity index (χ0) is 26.3. The van der Waals surface area contributed by atoms with Crippen molar-refractivity contribution in [1.82, 2.24) is 14.7 Å². The lowest BCUT2D eigenvalue weighted by atomic mass is 9.92. The number of aromatic nitrogens is 2. The Hall–Kier alpha value is -3.41. The standard InChI is InChI=1S/C30H40N4O2/c1-7-9-19-33(29(36)25(8-2)23-13-11-10-12-14-23)21-28(35)31-27-20-26(30(4,5)6)32-34(27)24-17-15-22(3)16-18-24/h10-18,20,25H,7-9,19,21H2,1-6H3,(H,31,35). The molecule has 0 saturated heterocycles. The first-order valence-corrected chi connectivity index (χ1v) is 12.9. The Morgan fingerprint density at radius 3 is 2.28 bits per heavy atom. The Balaban J connectivity index is 1.85. The number of amides is 2. The molecule has 2 aromatic carbocycles. The van der Waals surface area contributed by atoms with Gasteiger partial charge in [0.2, 0.25) is 11.8 Å². The highest BCUT2D eigenvalue weighted by molar-refractivity contribution is 5.95. The average Bonchev–Trinajstić information content (AvgIpc) is 3.27. The Kier molecular flexibility index (Phi) is 9.08. The summed E-state index contributed by atoms with van der Waals surface area (Å²) in [5, 5.41) is 7.84. The molecule has 1 aromatic heterocycles. The van der Waals surface area contributed by atoms with E-state index in [9.17, 15) is 9.59 Å². The number of nitrogens with one attached hydrogen (secondary N) is 1. The quantitative estimate of drug-likeness (QED) is 0.367. The van der Waals surface area contributed by atoms with Crippen molar-refractivity contribution in [2.24, 2.45) is 0 Å². The number of unbranched alkanes of at least 4 members (excludes halogenated alkanes) is 1. The molecule has 3 rings (SSSR count).